The maximum Gasteiger partial charge on any atom is 0.474 e. The minimum Gasteiger partial charge on any atom is -0.507 e. The number of carbonyl (C=O) groups excluding carboxylic acids is 1. The van der Waals surface area contributed by atoms with Gasteiger partial charge < -0.3 is 19.9 Å². The van der Waals surface area contributed by atoms with Crippen LogP contribution >= 0.6 is 31.2 Å². The monoisotopic (exact) mass is 679 g/mol. The largest absolute Gasteiger partial charge is 0.507 e. The van der Waals surface area contributed by atoms with Gasteiger partial charge in [0.05, 0.1) is 17.0 Å². The zero-order valence-corrected chi connectivity index (χ0v) is 29.1. The van der Waals surface area contributed by atoms with Crippen molar-refractivity contribution in [1.29, 1.82) is 0 Å². The van der Waals surface area contributed by atoms with E-state index >= 15 is 0 Å². The van der Waals surface area contributed by atoms with Crippen LogP contribution in [0.25, 0.3) is 0 Å². The van der Waals surface area contributed by atoms with E-state index in [2.05, 4.69) is 5.32 Å². The highest BCUT2D eigenvalue weighted by Crippen LogP contribution is 2.48. The maximum atomic E-state index is 12.9. The van der Waals surface area contributed by atoms with Crippen LogP contribution in [0, 0.1) is 0 Å². The smallest absolute Gasteiger partial charge is 0.474 e. The van der Waals surface area contributed by atoms with Crippen LogP contribution in [-0.4, -0.2) is 43.2 Å². The number of hydrogen-bond donors (Lipinski definition) is 2. The number of phosphoric acid groups is 1. The van der Waals surface area contributed by atoms with Crippen LogP contribution in [0.1, 0.15) is 58.1 Å². The Kier molecular flexibility index (Phi) is 13.7. The van der Waals surface area contributed by atoms with E-state index in [1.54, 1.807) is 39.0 Å². The SMILES string of the molecule is CCCC(CCc1ccc(Sc2cc(OCc3ccccc3)ccc2O)cc1Cl)(COP(=O)(OC)OC)NC(=O)OC(C)(C)C. The number of carbonyl (C=O) groups is 1. The minimum absolute atomic E-state index is 0.132. The van der Waals surface area contributed by atoms with Crippen LogP contribution in [0.3, 0.4) is 0 Å². The normalized spacial score (nSPS) is 13.2. The second-order valence-corrected chi connectivity index (χ2v) is 14.9. The molecule has 1 atom stereocenters. The second kappa shape index (κ2) is 16.7. The molecular weight excluding hydrogens is 637 g/mol. The van der Waals surface area contributed by atoms with Crippen molar-refractivity contribution >= 4 is 37.3 Å². The average Bonchev–Trinajstić information content (AvgIpc) is 2.99. The van der Waals surface area contributed by atoms with Crippen LogP contribution in [0.15, 0.2) is 76.5 Å². The lowest BCUT2D eigenvalue weighted by Gasteiger charge is -2.36. The highest BCUT2D eigenvalue weighted by molar-refractivity contribution is 7.99. The molecule has 1 amide bonds. The Morgan fingerprint density at radius 3 is 2.33 bits per heavy atom. The molecular formula is C33H43ClNO8PS. The van der Waals surface area contributed by atoms with Crippen molar-refractivity contribution in [2.24, 2.45) is 0 Å². The number of rotatable bonds is 16. The summed E-state index contributed by atoms with van der Waals surface area (Å²) in [6.45, 7) is 7.60. The summed E-state index contributed by atoms with van der Waals surface area (Å²) in [7, 11) is -1.34. The molecule has 12 heteroatoms. The number of alkyl carbamates (subject to hydrolysis) is 1. The first-order chi connectivity index (χ1) is 21.3. The van der Waals surface area contributed by atoms with Crippen molar-refractivity contribution in [2.75, 3.05) is 20.8 Å². The first kappa shape index (κ1) is 36.7. The predicted octanol–water partition coefficient (Wildman–Crippen LogP) is 9.19. The Morgan fingerprint density at radius 1 is 1.00 bits per heavy atom. The lowest BCUT2D eigenvalue weighted by Crippen LogP contribution is -2.53. The second-order valence-electron chi connectivity index (χ2n) is 11.5. The van der Waals surface area contributed by atoms with E-state index in [4.69, 9.17) is 34.6 Å². The molecule has 246 valence electrons. The van der Waals surface area contributed by atoms with Gasteiger partial charge in [0.25, 0.3) is 0 Å². The molecule has 2 N–H and O–H groups in total. The highest BCUT2D eigenvalue weighted by Gasteiger charge is 2.37. The summed E-state index contributed by atoms with van der Waals surface area (Å²) in [6, 6.07) is 20.7. The van der Waals surface area contributed by atoms with Crippen molar-refractivity contribution in [3.05, 3.63) is 82.9 Å². The summed E-state index contributed by atoms with van der Waals surface area (Å²) < 4.78 is 39.7. The number of phosphoric ester groups is 1. The Bertz CT molecular complexity index is 1440. The van der Waals surface area contributed by atoms with Gasteiger partial charge in [-0.2, -0.15) is 0 Å². The predicted molar refractivity (Wildman–Crippen MR) is 177 cm³/mol. The van der Waals surface area contributed by atoms with Crippen molar-refractivity contribution in [3.63, 3.8) is 0 Å². The van der Waals surface area contributed by atoms with Gasteiger partial charge in [-0.25, -0.2) is 9.36 Å². The van der Waals surface area contributed by atoms with E-state index in [1.165, 1.54) is 26.0 Å². The zero-order chi connectivity index (χ0) is 33.1. The van der Waals surface area contributed by atoms with Crippen LogP contribution in [0.2, 0.25) is 5.02 Å². The third kappa shape index (κ3) is 11.9. The maximum absolute atomic E-state index is 12.9. The number of hydrogen-bond acceptors (Lipinski definition) is 9. The Morgan fingerprint density at radius 2 is 1.71 bits per heavy atom. The molecule has 9 nitrogen and oxygen atoms in total. The third-order valence-electron chi connectivity index (χ3n) is 6.75. The number of aromatic hydroxyl groups is 1. The van der Waals surface area contributed by atoms with Gasteiger partial charge in [-0.1, -0.05) is 73.1 Å². The van der Waals surface area contributed by atoms with E-state index in [0.717, 1.165) is 16.0 Å². The Labute approximate surface area is 275 Å². The number of phenols is 1. The van der Waals surface area contributed by atoms with E-state index in [-0.39, 0.29) is 12.4 Å². The molecule has 0 heterocycles. The summed E-state index contributed by atoms with van der Waals surface area (Å²) in [6.07, 6.45) is 1.47. The molecule has 0 bridgehead atoms. The van der Waals surface area contributed by atoms with Crippen LogP contribution in [0.5, 0.6) is 11.5 Å². The van der Waals surface area contributed by atoms with E-state index in [0.29, 0.717) is 48.0 Å². The van der Waals surface area contributed by atoms with Gasteiger partial charge in [-0.15, -0.1) is 0 Å². The molecule has 0 aromatic heterocycles. The first-order valence-electron chi connectivity index (χ1n) is 14.6. The zero-order valence-electron chi connectivity index (χ0n) is 26.6. The fourth-order valence-corrected chi connectivity index (χ4v) is 6.53. The topological polar surface area (TPSA) is 113 Å². The molecule has 0 aliphatic rings. The number of phenolic OH excluding ortho intramolecular Hbond substituents is 1. The molecule has 0 aliphatic heterocycles. The van der Waals surface area contributed by atoms with Gasteiger partial charge in [0, 0.05) is 24.1 Å². The first-order valence-corrected chi connectivity index (χ1v) is 17.3. The number of halogens is 1. The number of ether oxygens (including phenoxy) is 2. The molecule has 3 rings (SSSR count). The van der Waals surface area contributed by atoms with Gasteiger partial charge in [-0.05, 0) is 81.5 Å². The highest BCUT2D eigenvalue weighted by atomic mass is 35.5. The molecule has 1 unspecified atom stereocenters. The van der Waals surface area contributed by atoms with Crippen LogP contribution < -0.4 is 10.1 Å². The number of benzene rings is 3. The molecule has 0 saturated heterocycles. The fraction of sp³-hybridized carbons (Fsp3) is 0.424. The lowest BCUT2D eigenvalue weighted by molar-refractivity contribution is 0.0352. The summed E-state index contributed by atoms with van der Waals surface area (Å²) >= 11 is 8.12. The summed E-state index contributed by atoms with van der Waals surface area (Å²) in [5, 5.41) is 14.0. The molecule has 0 saturated carbocycles. The van der Waals surface area contributed by atoms with Crippen molar-refractivity contribution in [2.45, 2.75) is 80.9 Å². The molecule has 0 radical (unpaired) electrons. The van der Waals surface area contributed by atoms with Crippen molar-refractivity contribution in [3.8, 4) is 11.5 Å². The molecule has 0 spiro atoms. The van der Waals surface area contributed by atoms with Gasteiger partial charge in [0.15, 0.2) is 0 Å². The summed E-state index contributed by atoms with van der Waals surface area (Å²) in [5.41, 5.74) is 0.227. The molecule has 3 aromatic rings. The third-order valence-corrected chi connectivity index (χ3v) is 9.47. The summed E-state index contributed by atoms with van der Waals surface area (Å²) in [5.74, 6) is 0.773. The Hall–Kier alpha value is -2.72. The van der Waals surface area contributed by atoms with E-state index < -0.39 is 25.1 Å². The van der Waals surface area contributed by atoms with Crippen molar-refractivity contribution in [1.82, 2.24) is 5.32 Å². The van der Waals surface area contributed by atoms with Crippen LogP contribution in [0.4, 0.5) is 4.79 Å². The number of nitrogens with one attached hydrogen (secondary N) is 1. The van der Waals surface area contributed by atoms with Gasteiger partial charge in [0.1, 0.15) is 23.7 Å². The fourth-order valence-electron chi connectivity index (χ4n) is 4.51. The molecule has 45 heavy (non-hydrogen) atoms. The standard InChI is InChI=1S/C33H43ClNO8PS/c1-7-18-33(23-42-44(38,39-5)40-6,35-31(37)43-32(2,3)4)19-17-25-13-15-27(21-28(25)34)45-30-20-26(14-16-29(30)36)41-22-24-11-9-8-10-12-24/h8-16,20-21,36H,7,17-19,22-23H2,1-6H3,(H,35,37). The van der Waals surface area contributed by atoms with Gasteiger partial charge in [-0.3, -0.25) is 13.6 Å². The van der Waals surface area contributed by atoms with Crippen LogP contribution in [-0.2, 0) is 35.9 Å². The van der Waals surface area contributed by atoms with Gasteiger partial charge >= 0.3 is 13.9 Å². The number of amides is 1. The Balaban J connectivity index is 1.76. The average molecular weight is 680 g/mol. The minimum atomic E-state index is -3.81. The molecule has 3 aromatic carbocycles. The quantitative estimate of drug-likeness (QED) is 0.143. The van der Waals surface area contributed by atoms with Crippen molar-refractivity contribution < 1.29 is 37.5 Å². The van der Waals surface area contributed by atoms with Gasteiger partial charge in [0.2, 0.25) is 0 Å². The number of aryl methyl sites for hydroxylation is 1. The van der Waals surface area contributed by atoms with E-state index in [1.807, 2.05) is 55.5 Å². The van der Waals surface area contributed by atoms with E-state index in [9.17, 15) is 14.5 Å². The lowest BCUT2D eigenvalue weighted by atomic mass is 9.87. The summed E-state index contributed by atoms with van der Waals surface area (Å²) in [4.78, 5) is 14.4. The molecule has 0 aliphatic carbocycles. The molecule has 0 fully saturated rings.